The van der Waals surface area contributed by atoms with Crippen LogP contribution in [0.25, 0.3) is 17.2 Å². The van der Waals surface area contributed by atoms with Gasteiger partial charge in [-0.1, -0.05) is 6.07 Å². The molecular weight excluding hydrogens is 288 g/mol. The second-order valence-electron chi connectivity index (χ2n) is 4.52. The average molecular weight is 300 g/mol. The van der Waals surface area contributed by atoms with Crippen LogP contribution in [0.1, 0.15) is 11.8 Å². The van der Waals surface area contributed by atoms with Crippen molar-refractivity contribution in [3.63, 3.8) is 0 Å². The molecule has 0 atom stereocenters. The van der Waals surface area contributed by atoms with E-state index in [-0.39, 0.29) is 5.91 Å². The van der Waals surface area contributed by atoms with Gasteiger partial charge < -0.3 is 9.73 Å². The molecule has 2 aromatic heterocycles. The lowest BCUT2D eigenvalue weighted by Crippen LogP contribution is -2.12. The van der Waals surface area contributed by atoms with Gasteiger partial charge in [-0.3, -0.25) is 9.78 Å². The van der Waals surface area contributed by atoms with Crippen LogP contribution >= 0.6 is 11.3 Å². The van der Waals surface area contributed by atoms with Gasteiger partial charge in [0.05, 0.1) is 5.52 Å². The van der Waals surface area contributed by atoms with Gasteiger partial charge in [0.1, 0.15) is 0 Å². The maximum atomic E-state index is 12.1. The molecule has 2 heterocycles. The van der Waals surface area contributed by atoms with Crippen molar-refractivity contribution in [3.05, 3.63) is 56.7 Å². The maximum Gasteiger partial charge on any atom is 0.417 e. The summed E-state index contributed by atoms with van der Waals surface area (Å²) in [6, 6.07) is 8.90. The molecule has 2 N–H and O–H groups in total. The third-order valence-corrected chi connectivity index (χ3v) is 3.76. The van der Waals surface area contributed by atoms with Crippen molar-refractivity contribution in [2.75, 3.05) is 5.32 Å². The molecule has 0 saturated heterocycles. The number of nitrogens with one attached hydrogen (secondary N) is 2. The summed E-state index contributed by atoms with van der Waals surface area (Å²) in [6.07, 6.45) is 1.83. The Bertz CT molecular complexity index is 872. The Morgan fingerprint density at radius 1 is 1.38 bits per heavy atom. The number of carbonyl (C=O) groups is 1. The number of amides is 1. The van der Waals surface area contributed by atoms with Crippen LogP contribution in [0.4, 0.5) is 5.69 Å². The Morgan fingerprint density at radius 3 is 3.00 bits per heavy atom. The molecule has 6 heteroatoms. The number of aromatic nitrogens is 1. The number of oxazole rings is 1. The molecule has 1 amide bonds. The molecule has 1 aromatic carbocycles. The highest BCUT2D eigenvalue weighted by molar-refractivity contribution is 7.10. The van der Waals surface area contributed by atoms with Crippen LogP contribution in [0.3, 0.4) is 0 Å². The van der Waals surface area contributed by atoms with Crippen LogP contribution in [0.2, 0.25) is 0 Å². The minimum absolute atomic E-state index is 0.194. The Hall–Kier alpha value is -2.60. The molecule has 0 aliphatic heterocycles. The minimum atomic E-state index is -0.512. The number of aromatic amines is 1. The molecule has 0 bridgehead atoms. The van der Waals surface area contributed by atoms with Crippen molar-refractivity contribution in [1.29, 1.82) is 0 Å². The molecule has 3 aromatic rings. The van der Waals surface area contributed by atoms with Gasteiger partial charge in [0.2, 0.25) is 0 Å². The zero-order valence-electron chi connectivity index (χ0n) is 11.2. The fourth-order valence-corrected chi connectivity index (χ4v) is 2.62. The summed E-state index contributed by atoms with van der Waals surface area (Å²) in [4.78, 5) is 26.8. The molecule has 3 rings (SSSR count). The Balaban J connectivity index is 1.81. The minimum Gasteiger partial charge on any atom is -0.408 e. The zero-order valence-corrected chi connectivity index (χ0v) is 12.0. The molecule has 0 saturated carbocycles. The summed E-state index contributed by atoms with van der Waals surface area (Å²) in [5.74, 6) is -0.706. The van der Waals surface area contributed by atoms with Crippen molar-refractivity contribution in [3.8, 4) is 0 Å². The van der Waals surface area contributed by atoms with Crippen LogP contribution < -0.4 is 11.1 Å². The van der Waals surface area contributed by atoms with Gasteiger partial charge >= 0.3 is 5.76 Å². The monoisotopic (exact) mass is 300 g/mol. The molecule has 0 spiro atoms. The molecule has 0 radical (unpaired) electrons. The predicted octanol–water partition coefficient (Wildman–Crippen LogP) is 3.22. The highest BCUT2D eigenvalue weighted by atomic mass is 32.1. The van der Waals surface area contributed by atoms with E-state index in [9.17, 15) is 9.59 Å². The number of thiophene rings is 1. The van der Waals surface area contributed by atoms with Crippen molar-refractivity contribution in [2.45, 2.75) is 6.92 Å². The summed E-state index contributed by atoms with van der Waals surface area (Å²) < 4.78 is 4.96. The lowest BCUT2D eigenvalue weighted by Gasteiger charge is -2.04. The van der Waals surface area contributed by atoms with E-state index in [0.717, 1.165) is 4.88 Å². The van der Waals surface area contributed by atoms with Crippen LogP contribution in [0.5, 0.6) is 0 Å². The first kappa shape index (κ1) is 13.4. The Labute approximate surface area is 123 Å². The highest BCUT2D eigenvalue weighted by Crippen LogP contribution is 2.18. The fraction of sp³-hybridized carbons (Fsp3) is 0.0667. The van der Waals surface area contributed by atoms with Gasteiger partial charge in [0.25, 0.3) is 5.91 Å². The lowest BCUT2D eigenvalue weighted by molar-refractivity contribution is -0.112. The van der Waals surface area contributed by atoms with Gasteiger partial charge in [0, 0.05) is 22.2 Å². The third kappa shape index (κ3) is 2.95. The predicted molar refractivity (Wildman–Crippen MR) is 83.4 cm³/mol. The smallest absolute Gasteiger partial charge is 0.408 e. The van der Waals surface area contributed by atoms with Crippen LogP contribution in [0.15, 0.2) is 50.5 Å². The first-order valence-corrected chi connectivity index (χ1v) is 7.16. The molecular formula is C15H12N2O3S. The zero-order chi connectivity index (χ0) is 14.8. The normalized spacial score (nSPS) is 11.8. The van der Waals surface area contributed by atoms with E-state index < -0.39 is 5.76 Å². The summed E-state index contributed by atoms with van der Waals surface area (Å²) in [7, 11) is 0. The number of H-pyrrole nitrogens is 1. The SMILES string of the molecule is C/C(=C\c1cccs1)C(=O)Nc1ccc2[nH]c(=O)oc2c1. The van der Waals surface area contributed by atoms with Gasteiger partial charge in [-0.25, -0.2) is 4.79 Å². The molecule has 21 heavy (non-hydrogen) atoms. The number of hydrogen-bond acceptors (Lipinski definition) is 4. The molecule has 5 nitrogen and oxygen atoms in total. The molecule has 0 fully saturated rings. The maximum absolute atomic E-state index is 12.1. The number of fused-ring (bicyclic) bond motifs is 1. The number of hydrogen-bond donors (Lipinski definition) is 2. The standard InChI is InChI=1S/C15H12N2O3S/c1-9(7-11-3-2-6-21-11)14(18)16-10-4-5-12-13(8-10)20-15(19)17-12/h2-8H,1H3,(H,16,18)(H,17,19)/b9-7+. The lowest BCUT2D eigenvalue weighted by atomic mass is 10.2. The Kier molecular flexibility index (Phi) is 3.45. The van der Waals surface area contributed by atoms with Gasteiger partial charge in [0.15, 0.2) is 5.58 Å². The second kappa shape index (κ2) is 5.41. The summed E-state index contributed by atoms with van der Waals surface area (Å²) in [5.41, 5.74) is 2.20. The van der Waals surface area contributed by atoms with Gasteiger partial charge in [-0.15, -0.1) is 11.3 Å². The molecule has 0 aliphatic carbocycles. The largest absolute Gasteiger partial charge is 0.417 e. The molecule has 106 valence electrons. The fourth-order valence-electron chi connectivity index (χ4n) is 1.91. The average Bonchev–Trinajstić information content (AvgIpc) is 3.06. The van der Waals surface area contributed by atoms with Gasteiger partial charge in [-0.05, 0) is 36.6 Å². The number of benzene rings is 1. The van der Waals surface area contributed by atoms with Crippen LogP contribution in [0, 0.1) is 0 Å². The Morgan fingerprint density at radius 2 is 2.24 bits per heavy atom. The van der Waals surface area contributed by atoms with E-state index in [0.29, 0.717) is 22.4 Å². The first-order valence-electron chi connectivity index (χ1n) is 6.28. The van der Waals surface area contributed by atoms with Crippen LogP contribution in [-0.4, -0.2) is 10.9 Å². The number of carbonyl (C=O) groups excluding carboxylic acids is 1. The second-order valence-corrected chi connectivity index (χ2v) is 5.50. The van der Waals surface area contributed by atoms with Crippen molar-refractivity contribution in [2.24, 2.45) is 0 Å². The van der Waals surface area contributed by atoms with Gasteiger partial charge in [-0.2, -0.15) is 0 Å². The van der Waals surface area contributed by atoms with Crippen LogP contribution in [-0.2, 0) is 4.79 Å². The van der Waals surface area contributed by atoms with Crippen molar-refractivity contribution < 1.29 is 9.21 Å². The van der Waals surface area contributed by atoms with Crippen molar-refractivity contribution >= 4 is 40.1 Å². The van der Waals surface area contributed by atoms with Crippen molar-refractivity contribution in [1.82, 2.24) is 4.98 Å². The van der Waals surface area contributed by atoms with E-state index in [1.807, 2.05) is 23.6 Å². The molecule has 0 unspecified atom stereocenters. The topological polar surface area (TPSA) is 75.1 Å². The summed E-state index contributed by atoms with van der Waals surface area (Å²) in [6.45, 7) is 1.75. The van der Waals surface area contributed by atoms with E-state index in [2.05, 4.69) is 10.3 Å². The van der Waals surface area contributed by atoms with E-state index in [4.69, 9.17) is 4.42 Å². The van der Waals surface area contributed by atoms with E-state index >= 15 is 0 Å². The third-order valence-electron chi connectivity index (χ3n) is 2.94. The number of rotatable bonds is 3. The highest BCUT2D eigenvalue weighted by Gasteiger charge is 2.07. The first-order chi connectivity index (χ1) is 10.1. The summed E-state index contributed by atoms with van der Waals surface area (Å²) in [5, 5.41) is 4.73. The van der Waals surface area contributed by atoms with E-state index in [1.165, 1.54) is 0 Å². The quantitative estimate of drug-likeness (QED) is 0.729. The summed E-state index contributed by atoms with van der Waals surface area (Å²) >= 11 is 1.57. The van der Waals surface area contributed by atoms with E-state index in [1.54, 1.807) is 36.5 Å². The molecule has 0 aliphatic rings. The number of anilines is 1.